The Morgan fingerprint density at radius 1 is 1.12 bits per heavy atom. The summed E-state index contributed by atoms with van der Waals surface area (Å²) in [4.78, 5) is 2.30. The Labute approximate surface area is 99.4 Å². The number of methoxy groups -OCH3 is 2. The topological polar surface area (TPSA) is 21.7 Å². The third-order valence-electron chi connectivity index (χ3n) is 3.79. The van der Waals surface area contributed by atoms with Crippen LogP contribution in [0.3, 0.4) is 0 Å². The first kappa shape index (κ1) is 13.7. The highest BCUT2D eigenvalue weighted by atomic mass is 16.5. The monoisotopic (exact) mass is 227 g/mol. The van der Waals surface area contributed by atoms with Gasteiger partial charge in [0.1, 0.15) is 11.4 Å². The number of rotatable bonds is 5. The lowest BCUT2D eigenvalue weighted by Gasteiger charge is -2.46. The first-order valence-corrected chi connectivity index (χ1v) is 6.11. The average Bonchev–Trinajstić information content (AvgIpc) is 2.64. The van der Waals surface area contributed by atoms with Crippen molar-refractivity contribution in [3.8, 4) is 0 Å². The second-order valence-corrected chi connectivity index (χ2v) is 4.59. The number of hydrogen-bond donors (Lipinski definition) is 0. The Kier molecular flexibility index (Phi) is 4.16. The van der Waals surface area contributed by atoms with Gasteiger partial charge in [0.05, 0.1) is 0 Å². The molecule has 0 bridgehead atoms. The van der Waals surface area contributed by atoms with Crippen molar-refractivity contribution in [2.75, 3.05) is 20.8 Å². The summed E-state index contributed by atoms with van der Waals surface area (Å²) in [5.41, 5.74) is -0.643. The molecule has 1 rings (SSSR count). The van der Waals surface area contributed by atoms with E-state index in [-0.39, 0.29) is 11.4 Å². The van der Waals surface area contributed by atoms with Crippen molar-refractivity contribution in [3.05, 3.63) is 12.2 Å². The van der Waals surface area contributed by atoms with Crippen molar-refractivity contribution in [2.24, 2.45) is 5.92 Å². The number of likely N-dealkylation sites (N-methyl/N-ethyl adjacent to an activating group) is 1. The molecule has 1 aliphatic heterocycles. The SMILES string of the molecule is CCN1C(CC)(OC)C=CC1(OC)C(C)C. The fourth-order valence-electron chi connectivity index (χ4n) is 2.79. The molecular weight excluding hydrogens is 202 g/mol. The molecule has 0 saturated heterocycles. The second-order valence-electron chi connectivity index (χ2n) is 4.59. The van der Waals surface area contributed by atoms with Crippen LogP contribution >= 0.6 is 0 Å². The molecule has 0 amide bonds. The van der Waals surface area contributed by atoms with Gasteiger partial charge in [0, 0.05) is 20.8 Å². The highest BCUT2D eigenvalue weighted by molar-refractivity contribution is 5.20. The van der Waals surface area contributed by atoms with Crippen molar-refractivity contribution in [2.45, 2.75) is 45.6 Å². The van der Waals surface area contributed by atoms with Crippen molar-refractivity contribution >= 4 is 0 Å². The Hall–Kier alpha value is -0.380. The first-order valence-electron chi connectivity index (χ1n) is 6.11. The lowest BCUT2D eigenvalue weighted by atomic mass is 9.98. The van der Waals surface area contributed by atoms with Crippen molar-refractivity contribution in [1.82, 2.24) is 4.90 Å². The Morgan fingerprint density at radius 2 is 1.75 bits per heavy atom. The van der Waals surface area contributed by atoms with Crippen LogP contribution in [-0.4, -0.2) is 37.1 Å². The van der Waals surface area contributed by atoms with Crippen molar-refractivity contribution < 1.29 is 9.47 Å². The van der Waals surface area contributed by atoms with Gasteiger partial charge in [0.2, 0.25) is 0 Å². The van der Waals surface area contributed by atoms with E-state index in [4.69, 9.17) is 9.47 Å². The van der Waals surface area contributed by atoms with Crippen LogP contribution in [0.2, 0.25) is 0 Å². The summed E-state index contributed by atoms with van der Waals surface area (Å²) in [7, 11) is 3.54. The molecule has 0 saturated carbocycles. The third-order valence-corrected chi connectivity index (χ3v) is 3.79. The van der Waals surface area contributed by atoms with E-state index in [1.54, 1.807) is 14.2 Å². The first-order chi connectivity index (χ1) is 7.53. The minimum absolute atomic E-state index is 0.310. The largest absolute Gasteiger partial charge is 0.360 e. The maximum absolute atomic E-state index is 5.78. The molecule has 0 fully saturated rings. The van der Waals surface area contributed by atoms with E-state index >= 15 is 0 Å². The van der Waals surface area contributed by atoms with Gasteiger partial charge in [-0.3, -0.25) is 0 Å². The predicted molar refractivity (Wildman–Crippen MR) is 66.1 cm³/mol. The Morgan fingerprint density at radius 3 is 2.06 bits per heavy atom. The average molecular weight is 227 g/mol. The molecule has 2 atom stereocenters. The minimum atomic E-state index is -0.333. The summed E-state index contributed by atoms with van der Waals surface area (Å²) in [6.45, 7) is 9.55. The molecule has 2 unspecified atom stereocenters. The third kappa shape index (κ3) is 1.71. The Bertz CT molecular complexity index is 259. The molecule has 94 valence electrons. The van der Waals surface area contributed by atoms with E-state index in [0.717, 1.165) is 13.0 Å². The highest BCUT2D eigenvalue weighted by Gasteiger charge is 2.51. The maximum atomic E-state index is 5.78. The quantitative estimate of drug-likeness (QED) is 0.674. The molecule has 0 aliphatic carbocycles. The van der Waals surface area contributed by atoms with E-state index < -0.39 is 0 Å². The summed E-state index contributed by atoms with van der Waals surface area (Å²) in [5.74, 6) is 0.386. The molecule has 0 radical (unpaired) electrons. The Balaban J connectivity index is 3.14. The van der Waals surface area contributed by atoms with Gasteiger partial charge in [-0.25, -0.2) is 4.90 Å². The van der Waals surface area contributed by atoms with E-state index in [2.05, 4.69) is 44.7 Å². The van der Waals surface area contributed by atoms with Gasteiger partial charge in [-0.05, 0) is 24.5 Å². The van der Waals surface area contributed by atoms with Crippen LogP contribution in [0, 0.1) is 5.92 Å². The van der Waals surface area contributed by atoms with Crippen LogP contribution < -0.4 is 0 Å². The van der Waals surface area contributed by atoms with Gasteiger partial charge >= 0.3 is 0 Å². The van der Waals surface area contributed by atoms with Crippen LogP contribution in [-0.2, 0) is 9.47 Å². The molecule has 1 heterocycles. The normalized spacial score (nSPS) is 35.2. The number of nitrogens with zero attached hydrogens (tertiary/aromatic N) is 1. The summed E-state index contributed by atoms with van der Waals surface area (Å²) < 4.78 is 11.5. The zero-order valence-corrected chi connectivity index (χ0v) is 11.4. The molecule has 0 aromatic carbocycles. The maximum Gasteiger partial charge on any atom is 0.145 e. The van der Waals surface area contributed by atoms with Gasteiger partial charge < -0.3 is 9.47 Å². The molecule has 0 aromatic rings. The molecule has 1 aliphatic rings. The molecule has 3 heteroatoms. The van der Waals surface area contributed by atoms with Crippen LogP contribution in [0.4, 0.5) is 0 Å². The molecular formula is C13H25NO2. The van der Waals surface area contributed by atoms with Crippen molar-refractivity contribution in [3.63, 3.8) is 0 Å². The van der Waals surface area contributed by atoms with E-state index in [9.17, 15) is 0 Å². The van der Waals surface area contributed by atoms with Crippen LogP contribution in [0.15, 0.2) is 12.2 Å². The van der Waals surface area contributed by atoms with Crippen LogP contribution in [0.5, 0.6) is 0 Å². The van der Waals surface area contributed by atoms with Gasteiger partial charge in [0.15, 0.2) is 0 Å². The van der Waals surface area contributed by atoms with Gasteiger partial charge in [0.25, 0.3) is 0 Å². The number of hydrogen-bond acceptors (Lipinski definition) is 3. The fourth-order valence-corrected chi connectivity index (χ4v) is 2.79. The van der Waals surface area contributed by atoms with Crippen molar-refractivity contribution in [1.29, 1.82) is 0 Å². The molecule has 16 heavy (non-hydrogen) atoms. The zero-order chi connectivity index (χ0) is 12.4. The van der Waals surface area contributed by atoms with Gasteiger partial charge in [-0.1, -0.05) is 27.7 Å². The predicted octanol–water partition coefficient (Wildman–Crippen LogP) is 2.63. The number of ether oxygens (including phenoxy) is 2. The van der Waals surface area contributed by atoms with Gasteiger partial charge in [-0.2, -0.15) is 0 Å². The molecule has 3 nitrogen and oxygen atoms in total. The van der Waals surface area contributed by atoms with E-state index in [0.29, 0.717) is 5.92 Å². The summed E-state index contributed by atoms with van der Waals surface area (Å²) in [5, 5.41) is 0. The lowest BCUT2D eigenvalue weighted by molar-refractivity contribution is -0.211. The second kappa shape index (κ2) is 4.86. The van der Waals surface area contributed by atoms with Crippen LogP contribution in [0.25, 0.3) is 0 Å². The fraction of sp³-hybridized carbons (Fsp3) is 0.846. The lowest BCUT2D eigenvalue weighted by Crippen LogP contribution is -2.58. The van der Waals surface area contributed by atoms with Crippen LogP contribution in [0.1, 0.15) is 34.1 Å². The molecule has 0 aromatic heterocycles. The molecule has 0 N–H and O–H groups in total. The van der Waals surface area contributed by atoms with Gasteiger partial charge in [-0.15, -0.1) is 0 Å². The summed E-state index contributed by atoms with van der Waals surface area (Å²) >= 11 is 0. The summed E-state index contributed by atoms with van der Waals surface area (Å²) in [6.07, 6.45) is 5.21. The van der Waals surface area contributed by atoms with E-state index in [1.165, 1.54) is 0 Å². The smallest absolute Gasteiger partial charge is 0.145 e. The zero-order valence-electron chi connectivity index (χ0n) is 11.4. The molecule has 0 spiro atoms. The van der Waals surface area contributed by atoms with E-state index in [1.807, 2.05) is 0 Å². The highest BCUT2D eigenvalue weighted by Crippen LogP contribution is 2.42. The summed E-state index contributed by atoms with van der Waals surface area (Å²) in [6, 6.07) is 0. The minimum Gasteiger partial charge on any atom is -0.360 e. The standard InChI is InChI=1S/C13H25NO2/c1-7-12(15-5)9-10-13(16-6,11(3)4)14(12)8-2/h9-11H,7-8H2,1-6H3.